The Kier molecular flexibility index (Phi) is 6.38. The van der Waals surface area contributed by atoms with Gasteiger partial charge in [-0.1, -0.05) is 55.8 Å². The summed E-state index contributed by atoms with van der Waals surface area (Å²) in [6, 6.07) is 12.8. The second-order valence-corrected chi connectivity index (χ2v) is 10.1. The SMILES string of the molecule is CC(C)C(=O)n1cc(C(C)NS(=O)(=O)N(C)C)c2ccc(-c3ccccc3Cl)cc21. The van der Waals surface area contributed by atoms with Gasteiger partial charge in [-0.05, 0) is 30.2 Å². The molecule has 1 unspecified atom stereocenters. The smallest absolute Gasteiger partial charge is 0.279 e. The van der Waals surface area contributed by atoms with Crippen molar-refractivity contribution in [3.63, 3.8) is 0 Å². The Morgan fingerprint density at radius 3 is 2.37 bits per heavy atom. The third-order valence-electron chi connectivity index (χ3n) is 5.03. The van der Waals surface area contributed by atoms with E-state index in [1.54, 1.807) is 17.7 Å². The number of nitrogens with one attached hydrogen (secondary N) is 1. The normalized spacial score (nSPS) is 13.3. The van der Waals surface area contributed by atoms with Crippen molar-refractivity contribution in [2.24, 2.45) is 5.92 Å². The molecule has 3 aromatic rings. The topological polar surface area (TPSA) is 71.4 Å². The minimum atomic E-state index is -3.63. The molecule has 0 fully saturated rings. The summed E-state index contributed by atoms with van der Waals surface area (Å²) in [5, 5.41) is 1.44. The summed E-state index contributed by atoms with van der Waals surface area (Å²) in [7, 11) is -0.689. The first kappa shape index (κ1) is 22.5. The van der Waals surface area contributed by atoms with Crippen LogP contribution in [0.5, 0.6) is 0 Å². The van der Waals surface area contributed by atoms with Crippen LogP contribution in [0.25, 0.3) is 22.0 Å². The second kappa shape index (κ2) is 8.51. The van der Waals surface area contributed by atoms with Gasteiger partial charge in [0, 0.05) is 48.2 Å². The van der Waals surface area contributed by atoms with Crippen LogP contribution in [0.15, 0.2) is 48.7 Å². The van der Waals surface area contributed by atoms with E-state index in [1.807, 2.05) is 56.3 Å². The van der Waals surface area contributed by atoms with Crippen molar-refractivity contribution < 1.29 is 13.2 Å². The van der Waals surface area contributed by atoms with Gasteiger partial charge in [0.1, 0.15) is 0 Å². The van der Waals surface area contributed by atoms with Crippen LogP contribution in [-0.4, -0.2) is 37.3 Å². The largest absolute Gasteiger partial charge is 0.287 e. The summed E-state index contributed by atoms with van der Waals surface area (Å²) in [6.45, 7) is 5.44. The van der Waals surface area contributed by atoms with Crippen molar-refractivity contribution in [1.29, 1.82) is 0 Å². The molecule has 160 valence electrons. The van der Waals surface area contributed by atoms with Crippen molar-refractivity contribution in [3.8, 4) is 11.1 Å². The first-order valence-corrected chi connectivity index (χ1v) is 11.5. The molecule has 0 spiro atoms. The van der Waals surface area contributed by atoms with Gasteiger partial charge < -0.3 is 0 Å². The van der Waals surface area contributed by atoms with Crippen LogP contribution in [0.2, 0.25) is 5.02 Å². The fraction of sp³-hybridized carbons (Fsp3) is 0.318. The van der Waals surface area contributed by atoms with Crippen molar-refractivity contribution in [1.82, 2.24) is 13.6 Å². The number of nitrogens with zero attached hydrogens (tertiary/aromatic N) is 2. The summed E-state index contributed by atoms with van der Waals surface area (Å²) < 4.78 is 30.0. The quantitative estimate of drug-likeness (QED) is 0.594. The van der Waals surface area contributed by atoms with E-state index < -0.39 is 16.3 Å². The maximum Gasteiger partial charge on any atom is 0.279 e. The molecule has 8 heteroatoms. The van der Waals surface area contributed by atoms with E-state index >= 15 is 0 Å². The monoisotopic (exact) mass is 447 g/mol. The van der Waals surface area contributed by atoms with E-state index in [0.717, 1.165) is 31.9 Å². The molecule has 0 aliphatic heterocycles. The van der Waals surface area contributed by atoms with Gasteiger partial charge >= 0.3 is 0 Å². The van der Waals surface area contributed by atoms with Gasteiger partial charge in [-0.15, -0.1) is 0 Å². The zero-order valence-electron chi connectivity index (χ0n) is 17.7. The maximum absolute atomic E-state index is 12.9. The van der Waals surface area contributed by atoms with E-state index in [0.29, 0.717) is 5.02 Å². The molecule has 1 N–H and O–H groups in total. The lowest BCUT2D eigenvalue weighted by Crippen LogP contribution is -2.37. The molecule has 1 aromatic heterocycles. The van der Waals surface area contributed by atoms with E-state index in [4.69, 9.17) is 11.6 Å². The van der Waals surface area contributed by atoms with Gasteiger partial charge in [0.25, 0.3) is 10.2 Å². The number of benzene rings is 2. The van der Waals surface area contributed by atoms with E-state index in [2.05, 4.69) is 4.72 Å². The molecular formula is C22H26ClN3O3S. The molecule has 0 amide bonds. The Bertz CT molecular complexity index is 1200. The molecular weight excluding hydrogens is 422 g/mol. The number of rotatable bonds is 6. The van der Waals surface area contributed by atoms with Gasteiger partial charge in [0.2, 0.25) is 5.91 Å². The van der Waals surface area contributed by atoms with E-state index in [1.165, 1.54) is 14.1 Å². The van der Waals surface area contributed by atoms with Crippen molar-refractivity contribution >= 4 is 38.6 Å². The zero-order chi connectivity index (χ0) is 22.2. The summed E-state index contributed by atoms with van der Waals surface area (Å²) in [6.07, 6.45) is 1.73. The Morgan fingerprint density at radius 2 is 1.77 bits per heavy atom. The molecule has 1 atom stereocenters. The standard InChI is InChI=1S/C22H26ClN3O3S/c1-14(2)22(27)26-13-19(15(3)24-30(28,29)25(4)5)18-11-10-16(12-21(18)26)17-8-6-7-9-20(17)23/h6-15,24H,1-5H3. The molecule has 3 rings (SSSR count). The van der Waals surface area contributed by atoms with Crippen LogP contribution in [0.3, 0.4) is 0 Å². The second-order valence-electron chi connectivity index (χ2n) is 7.79. The minimum Gasteiger partial charge on any atom is -0.287 e. The van der Waals surface area contributed by atoms with E-state index in [9.17, 15) is 13.2 Å². The van der Waals surface area contributed by atoms with Crippen molar-refractivity contribution in [3.05, 3.63) is 59.2 Å². The third-order valence-corrected chi connectivity index (χ3v) is 6.97. The summed E-state index contributed by atoms with van der Waals surface area (Å²) in [4.78, 5) is 12.9. The lowest BCUT2D eigenvalue weighted by Gasteiger charge is -2.17. The number of hydrogen-bond donors (Lipinski definition) is 1. The highest BCUT2D eigenvalue weighted by Crippen LogP contribution is 2.34. The molecule has 0 aliphatic rings. The summed E-state index contributed by atoms with van der Waals surface area (Å²) in [5.41, 5.74) is 3.21. The summed E-state index contributed by atoms with van der Waals surface area (Å²) >= 11 is 6.37. The van der Waals surface area contributed by atoms with Crippen LogP contribution in [0.1, 0.15) is 37.2 Å². The first-order valence-electron chi connectivity index (χ1n) is 9.67. The highest BCUT2D eigenvalue weighted by molar-refractivity contribution is 7.87. The molecule has 6 nitrogen and oxygen atoms in total. The predicted octanol–water partition coefficient (Wildman–Crippen LogP) is 4.71. The molecule has 0 radical (unpaired) electrons. The Morgan fingerprint density at radius 1 is 1.10 bits per heavy atom. The maximum atomic E-state index is 12.9. The average molecular weight is 448 g/mol. The van der Waals surface area contributed by atoms with Crippen LogP contribution in [0, 0.1) is 5.92 Å². The fourth-order valence-corrected chi connectivity index (χ4v) is 4.34. The molecule has 0 aliphatic carbocycles. The molecule has 2 aromatic carbocycles. The van der Waals surface area contributed by atoms with E-state index in [-0.39, 0.29) is 11.8 Å². The molecule has 1 heterocycles. The number of carbonyl (C=O) groups excluding carboxylic acids is 1. The highest BCUT2D eigenvalue weighted by Gasteiger charge is 2.24. The Hall–Kier alpha value is -2.19. The molecule has 30 heavy (non-hydrogen) atoms. The van der Waals surface area contributed by atoms with Gasteiger partial charge in [0.15, 0.2) is 0 Å². The zero-order valence-corrected chi connectivity index (χ0v) is 19.3. The Balaban J connectivity index is 2.18. The fourth-order valence-electron chi connectivity index (χ4n) is 3.31. The van der Waals surface area contributed by atoms with Crippen LogP contribution < -0.4 is 4.72 Å². The Labute approximate surface area is 182 Å². The molecule has 0 saturated carbocycles. The van der Waals surface area contributed by atoms with Gasteiger partial charge in [0.05, 0.1) is 5.52 Å². The van der Waals surface area contributed by atoms with Crippen LogP contribution in [-0.2, 0) is 10.2 Å². The minimum absolute atomic E-state index is 0.0646. The molecule has 0 saturated heterocycles. The van der Waals surface area contributed by atoms with Crippen LogP contribution in [0.4, 0.5) is 0 Å². The third kappa shape index (κ3) is 4.30. The van der Waals surface area contributed by atoms with Crippen molar-refractivity contribution in [2.75, 3.05) is 14.1 Å². The lowest BCUT2D eigenvalue weighted by atomic mass is 10.0. The number of halogens is 1. The first-order chi connectivity index (χ1) is 14.0. The van der Waals surface area contributed by atoms with Crippen LogP contribution >= 0.6 is 11.6 Å². The lowest BCUT2D eigenvalue weighted by molar-refractivity contribution is 0.0860. The highest BCUT2D eigenvalue weighted by atomic mass is 35.5. The average Bonchev–Trinajstić information content (AvgIpc) is 3.06. The summed E-state index contributed by atoms with van der Waals surface area (Å²) in [5.74, 6) is -0.281. The number of fused-ring (bicyclic) bond motifs is 1. The van der Waals surface area contributed by atoms with Crippen molar-refractivity contribution in [2.45, 2.75) is 26.8 Å². The number of hydrogen-bond acceptors (Lipinski definition) is 3. The number of carbonyl (C=O) groups is 1. The number of aromatic nitrogens is 1. The van der Waals surface area contributed by atoms with Gasteiger partial charge in [-0.25, -0.2) is 0 Å². The van der Waals surface area contributed by atoms with Gasteiger partial charge in [-0.2, -0.15) is 17.4 Å². The molecule has 0 bridgehead atoms. The van der Waals surface area contributed by atoms with Gasteiger partial charge in [-0.3, -0.25) is 9.36 Å². The predicted molar refractivity (Wildman–Crippen MR) is 122 cm³/mol.